The Hall–Kier alpha value is -2.02. The Balaban J connectivity index is 1.45. The molecule has 2 aliphatic carbocycles. The first kappa shape index (κ1) is 14.9. The Morgan fingerprint density at radius 3 is 2.73 bits per heavy atom. The van der Waals surface area contributed by atoms with E-state index in [0.717, 1.165) is 11.8 Å². The fourth-order valence-electron chi connectivity index (χ4n) is 4.08. The lowest BCUT2D eigenvalue weighted by Crippen LogP contribution is -2.42. The van der Waals surface area contributed by atoms with Crippen molar-refractivity contribution in [1.82, 2.24) is 5.32 Å². The monoisotopic (exact) mass is 298 g/mol. The van der Waals surface area contributed by atoms with E-state index in [1.54, 1.807) is 24.3 Å². The lowest BCUT2D eigenvalue weighted by Gasteiger charge is -2.28. The van der Waals surface area contributed by atoms with Crippen molar-refractivity contribution in [3.63, 3.8) is 0 Å². The van der Waals surface area contributed by atoms with Gasteiger partial charge >= 0.3 is 0 Å². The summed E-state index contributed by atoms with van der Waals surface area (Å²) in [5.74, 6) is 2.88. The van der Waals surface area contributed by atoms with E-state index >= 15 is 0 Å². The molecule has 22 heavy (non-hydrogen) atoms. The van der Waals surface area contributed by atoms with Gasteiger partial charge in [-0.25, -0.2) is 0 Å². The maximum absolute atomic E-state index is 12.0. The number of hydrogen-bond donors (Lipinski definition) is 1. The van der Waals surface area contributed by atoms with Crippen molar-refractivity contribution in [1.29, 1.82) is 5.26 Å². The number of nitriles is 1. The summed E-state index contributed by atoms with van der Waals surface area (Å²) in [6, 6.07) is 9.08. The minimum atomic E-state index is -0.0698. The number of carbonyl (C=O) groups excluding carboxylic acids is 1. The summed E-state index contributed by atoms with van der Waals surface area (Å²) in [5.41, 5.74) is 0.585. The zero-order chi connectivity index (χ0) is 15.5. The molecule has 0 saturated heterocycles. The van der Waals surface area contributed by atoms with Gasteiger partial charge in [0.05, 0.1) is 11.6 Å². The molecule has 3 rings (SSSR count). The number of rotatable bonds is 5. The Bertz CT molecular complexity index is 576. The lowest BCUT2D eigenvalue weighted by atomic mass is 9.84. The second-order valence-electron chi connectivity index (χ2n) is 6.62. The minimum Gasteiger partial charge on any atom is -0.484 e. The molecule has 0 spiro atoms. The molecule has 1 aromatic carbocycles. The van der Waals surface area contributed by atoms with Crippen LogP contribution in [0.15, 0.2) is 24.3 Å². The third-order valence-corrected chi connectivity index (χ3v) is 5.18. The van der Waals surface area contributed by atoms with E-state index < -0.39 is 0 Å². The van der Waals surface area contributed by atoms with E-state index in [1.807, 2.05) is 0 Å². The van der Waals surface area contributed by atoms with Crippen molar-refractivity contribution in [2.24, 2.45) is 17.8 Å². The number of nitrogens with zero attached hydrogens (tertiary/aromatic N) is 1. The first-order chi connectivity index (χ1) is 10.7. The van der Waals surface area contributed by atoms with Crippen LogP contribution in [0, 0.1) is 29.1 Å². The molecule has 4 heteroatoms. The van der Waals surface area contributed by atoms with E-state index in [-0.39, 0.29) is 18.6 Å². The lowest BCUT2D eigenvalue weighted by molar-refractivity contribution is -0.124. The molecule has 116 valence electrons. The molecule has 0 aromatic heterocycles. The maximum atomic E-state index is 12.0. The van der Waals surface area contributed by atoms with Gasteiger partial charge in [0.1, 0.15) is 5.75 Å². The van der Waals surface area contributed by atoms with Crippen LogP contribution in [0.5, 0.6) is 5.75 Å². The van der Waals surface area contributed by atoms with E-state index in [4.69, 9.17) is 10.00 Å². The van der Waals surface area contributed by atoms with Crippen molar-refractivity contribution < 1.29 is 9.53 Å². The predicted molar refractivity (Wildman–Crippen MR) is 83.2 cm³/mol. The van der Waals surface area contributed by atoms with Crippen LogP contribution < -0.4 is 10.1 Å². The second kappa shape index (κ2) is 6.39. The first-order valence-electron chi connectivity index (χ1n) is 8.08. The molecule has 2 bridgehead atoms. The third kappa shape index (κ3) is 3.24. The molecule has 4 atom stereocenters. The molecule has 1 N–H and O–H groups in total. The largest absolute Gasteiger partial charge is 0.484 e. The Labute approximate surface area is 131 Å². The average molecular weight is 298 g/mol. The number of ether oxygens (including phenoxy) is 1. The second-order valence-corrected chi connectivity index (χ2v) is 6.62. The van der Waals surface area contributed by atoms with E-state index in [9.17, 15) is 4.79 Å². The number of fused-ring (bicyclic) bond motifs is 2. The molecule has 2 saturated carbocycles. The SMILES string of the molecule is CC(NC(=O)COc1ccc(C#N)cc1)C1CC2CCC1C2. The standard InChI is InChI=1S/C18H22N2O2/c1-12(17-9-14-2-5-15(17)8-14)20-18(21)11-22-16-6-3-13(10-19)4-7-16/h3-4,6-7,12,14-15,17H,2,5,8-9,11H2,1H3,(H,20,21). The molecule has 0 radical (unpaired) electrons. The summed E-state index contributed by atoms with van der Waals surface area (Å²) in [6.07, 6.45) is 5.33. The Morgan fingerprint density at radius 2 is 2.14 bits per heavy atom. The third-order valence-electron chi connectivity index (χ3n) is 5.18. The number of benzene rings is 1. The number of amides is 1. The molecule has 4 nitrogen and oxygen atoms in total. The van der Waals surface area contributed by atoms with Crippen molar-refractivity contribution in [2.45, 2.75) is 38.6 Å². The maximum Gasteiger partial charge on any atom is 0.258 e. The molecule has 0 heterocycles. The van der Waals surface area contributed by atoms with Gasteiger partial charge in [-0.3, -0.25) is 4.79 Å². The minimum absolute atomic E-state index is 0.0249. The quantitative estimate of drug-likeness (QED) is 0.909. The molecule has 1 amide bonds. The topological polar surface area (TPSA) is 62.1 Å². The highest BCUT2D eigenvalue weighted by molar-refractivity contribution is 5.77. The highest BCUT2D eigenvalue weighted by Gasteiger charge is 2.42. The van der Waals surface area contributed by atoms with Gasteiger partial charge in [-0.15, -0.1) is 0 Å². The smallest absolute Gasteiger partial charge is 0.258 e. The summed E-state index contributed by atoms with van der Waals surface area (Å²) in [5, 5.41) is 11.8. The van der Waals surface area contributed by atoms with Crippen molar-refractivity contribution >= 4 is 5.91 Å². The van der Waals surface area contributed by atoms with Gasteiger partial charge in [-0.2, -0.15) is 5.26 Å². The molecular weight excluding hydrogens is 276 g/mol. The van der Waals surface area contributed by atoms with Gasteiger partial charge in [0.15, 0.2) is 6.61 Å². The molecule has 0 aliphatic heterocycles. The zero-order valence-corrected chi connectivity index (χ0v) is 12.9. The van der Waals surface area contributed by atoms with Crippen LogP contribution in [0.3, 0.4) is 0 Å². The average Bonchev–Trinajstić information content (AvgIpc) is 3.16. The van der Waals surface area contributed by atoms with Gasteiger partial charge in [-0.1, -0.05) is 6.42 Å². The predicted octanol–water partition coefficient (Wildman–Crippen LogP) is 2.88. The highest BCUT2D eigenvalue weighted by Crippen LogP contribution is 2.49. The molecular formula is C18H22N2O2. The summed E-state index contributed by atoms with van der Waals surface area (Å²) in [4.78, 5) is 12.0. The van der Waals surface area contributed by atoms with Crippen LogP contribution in [0.4, 0.5) is 0 Å². The molecule has 1 aromatic rings. The number of carbonyl (C=O) groups is 1. The van der Waals surface area contributed by atoms with E-state index in [0.29, 0.717) is 17.2 Å². The van der Waals surface area contributed by atoms with Gasteiger partial charge < -0.3 is 10.1 Å². The summed E-state index contributed by atoms with van der Waals surface area (Å²) in [7, 11) is 0. The van der Waals surface area contributed by atoms with Crippen LogP contribution in [0.1, 0.15) is 38.2 Å². The Kier molecular flexibility index (Phi) is 4.33. The van der Waals surface area contributed by atoms with Gasteiger partial charge in [0, 0.05) is 6.04 Å². The molecule has 2 fully saturated rings. The molecule has 2 aliphatic rings. The van der Waals surface area contributed by atoms with Gasteiger partial charge in [0.2, 0.25) is 0 Å². The normalized spacial score (nSPS) is 27.2. The van der Waals surface area contributed by atoms with Gasteiger partial charge in [-0.05, 0) is 68.2 Å². The van der Waals surface area contributed by atoms with Crippen LogP contribution in [0.25, 0.3) is 0 Å². The van der Waals surface area contributed by atoms with E-state index in [1.165, 1.54) is 25.7 Å². The number of nitrogens with one attached hydrogen (secondary N) is 1. The fourth-order valence-corrected chi connectivity index (χ4v) is 4.08. The van der Waals surface area contributed by atoms with Crippen LogP contribution in [-0.4, -0.2) is 18.6 Å². The van der Waals surface area contributed by atoms with Crippen molar-refractivity contribution in [3.05, 3.63) is 29.8 Å². The summed E-state index contributed by atoms with van der Waals surface area (Å²) in [6.45, 7) is 2.14. The summed E-state index contributed by atoms with van der Waals surface area (Å²) < 4.78 is 5.47. The zero-order valence-electron chi connectivity index (χ0n) is 12.9. The van der Waals surface area contributed by atoms with E-state index in [2.05, 4.69) is 18.3 Å². The van der Waals surface area contributed by atoms with Crippen molar-refractivity contribution in [2.75, 3.05) is 6.61 Å². The van der Waals surface area contributed by atoms with Crippen LogP contribution in [0.2, 0.25) is 0 Å². The molecule has 4 unspecified atom stereocenters. The highest BCUT2D eigenvalue weighted by atomic mass is 16.5. The van der Waals surface area contributed by atoms with Crippen LogP contribution >= 0.6 is 0 Å². The fraction of sp³-hybridized carbons (Fsp3) is 0.556. The summed E-state index contributed by atoms with van der Waals surface area (Å²) >= 11 is 0. The first-order valence-corrected chi connectivity index (χ1v) is 8.08. The van der Waals surface area contributed by atoms with Crippen LogP contribution in [-0.2, 0) is 4.79 Å². The number of hydrogen-bond acceptors (Lipinski definition) is 3. The van der Waals surface area contributed by atoms with Crippen molar-refractivity contribution in [3.8, 4) is 11.8 Å². The Morgan fingerprint density at radius 1 is 1.36 bits per heavy atom. The van der Waals surface area contributed by atoms with Gasteiger partial charge in [0.25, 0.3) is 5.91 Å².